The molecule has 82 valence electrons. The summed E-state index contributed by atoms with van der Waals surface area (Å²) in [5, 5.41) is 9.31. The van der Waals surface area contributed by atoms with Crippen LogP contribution in [0.4, 0.5) is 11.5 Å². The maximum Gasteiger partial charge on any atom is 0.222 e. The third kappa shape index (κ3) is 1.88. The number of nitrogen functional groups attached to an aromatic ring is 1. The quantitative estimate of drug-likeness (QED) is 0.713. The summed E-state index contributed by atoms with van der Waals surface area (Å²) in [6.07, 6.45) is 0. The lowest BCUT2D eigenvalue weighted by Gasteiger charge is -2.00. The zero-order valence-corrected chi connectivity index (χ0v) is 8.82. The first kappa shape index (κ1) is 10.2. The van der Waals surface area contributed by atoms with Crippen LogP contribution < -0.4 is 11.1 Å². The molecule has 0 aliphatic carbocycles. The van der Waals surface area contributed by atoms with Crippen LogP contribution in [0.2, 0.25) is 0 Å². The minimum atomic E-state index is -0.196. The zero-order valence-electron chi connectivity index (χ0n) is 8.82. The molecule has 0 atom stereocenters. The molecular formula is C11H12N4O. The molecule has 5 heteroatoms. The molecule has 0 saturated heterocycles. The van der Waals surface area contributed by atoms with Crippen molar-refractivity contribution in [1.29, 1.82) is 0 Å². The van der Waals surface area contributed by atoms with Crippen LogP contribution in [-0.2, 0) is 4.79 Å². The molecule has 0 unspecified atom stereocenters. The van der Waals surface area contributed by atoms with Gasteiger partial charge in [-0.3, -0.25) is 9.89 Å². The fourth-order valence-corrected chi connectivity index (χ4v) is 1.44. The van der Waals surface area contributed by atoms with Gasteiger partial charge in [0, 0.05) is 12.5 Å². The Kier molecular flexibility index (Phi) is 2.59. The summed E-state index contributed by atoms with van der Waals surface area (Å²) in [6.45, 7) is 1.41. The number of carbonyl (C=O) groups excluding carboxylic acids is 1. The van der Waals surface area contributed by atoms with Crippen LogP contribution in [0.15, 0.2) is 30.3 Å². The lowest BCUT2D eigenvalue weighted by molar-refractivity contribution is -0.114. The number of hydrogen-bond donors (Lipinski definition) is 3. The van der Waals surface area contributed by atoms with Crippen LogP contribution in [0, 0.1) is 0 Å². The van der Waals surface area contributed by atoms with E-state index >= 15 is 0 Å². The van der Waals surface area contributed by atoms with Gasteiger partial charge in [0.1, 0.15) is 5.69 Å². The van der Waals surface area contributed by atoms with Crippen molar-refractivity contribution in [2.75, 3.05) is 11.1 Å². The molecule has 1 amide bonds. The van der Waals surface area contributed by atoms with Gasteiger partial charge in [0.25, 0.3) is 0 Å². The van der Waals surface area contributed by atoms with Crippen molar-refractivity contribution >= 4 is 17.4 Å². The largest absolute Gasteiger partial charge is 0.394 e. The molecule has 0 bridgehead atoms. The number of hydrogen-bond acceptors (Lipinski definition) is 3. The minimum absolute atomic E-state index is 0.196. The number of aromatic amines is 1. The Bertz CT molecular complexity index is 504. The monoisotopic (exact) mass is 216 g/mol. The van der Waals surface area contributed by atoms with E-state index in [1.165, 1.54) is 6.92 Å². The van der Waals surface area contributed by atoms with Gasteiger partial charge in [-0.1, -0.05) is 30.3 Å². The predicted octanol–water partition coefficient (Wildman–Crippen LogP) is 1.62. The Hall–Kier alpha value is -2.30. The highest BCUT2D eigenvalue weighted by molar-refractivity contribution is 5.93. The number of benzene rings is 1. The number of nitrogens with two attached hydrogens (primary N) is 1. The van der Waals surface area contributed by atoms with E-state index in [0.29, 0.717) is 17.2 Å². The molecule has 0 radical (unpaired) electrons. The van der Waals surface area contributed by atoms with Gasteiger partial charge in [0.05, 0.1) is 5.69 Å². The van der Waals surface area contributed by atoms with Gasteiger partial charge >= 0.3 is 0 Å². The Balaban J connectivity index is 2.37. The topological polar surface area (TPSA) is 83.8 Å². The fourth-order valence-electron chi connectivity index (χ4n) is 1.44. The van der Waals surface area contributed by atoms with Crippen molar-refractivity contribution in [3.05, 3.63) is 30.3 Å². The van der Waals surface area contributed by atoms with Crippen molar-refractivity contribution in [3.8, 4) is 11.3 Å². The maximum atomic E-state index is 10.9. The smallest absolute Gasteiger partial charge is 0.222 e. The Labute approximate surface area is 92.7 Å². The van der Waals surface area contributed by atoms with Gasteiger partial charge < -0.3 is 11.1 Å². The standard InChI is InChI=1S/C11H12N4O/c1-7(16)13-11-9(12)10(14-15-11)8-5-3-2-4-6-8/h2-6H,12H2,1H3,(H2,13,14,15,16). The fraction of sp³-hybridized carbons (Fsp3) is 0.0909. The van der Waals surface area contributed by atoms with Crippen molar-refractivity contribution in [3.63, 3.8) is 0 Å². The third-order valence-corrected chi connectivity index (χ3v) is 2.16. The zero-order chi connectivity index (χ0) is 11.5. The molecule has 0 aliphatic heterocycles. The highest BCUT2D eigenvalue weighted by Gasteiger charge is 2.11. The molecule has 1 aromatic carbocycles. The molecular weight excluding hydrogens is 204 g/mol. The second-order valence-corrected chi connectivity index (χ2v) is 3.41. The van der Waals surface area contributed by atoms with Crippen LogP contribution in [0.1, 0.15) is 6.92 Å². The van der Waals surface area contributed by atoms with E-state index in [9.17, 15) is 4.79 Å². The van der Waals surface area contributed by atoms with E-state index < -0.39 is 0 Å². The van der Waals surface area contributed by atoms with E-state index in [4.69, 9.17) is 5.73 Å². The second-order valence-electron chi connectivity index (χ2n) is 3.41. The number of rotatable bonds is 2. The molecule has 1 heterocycles. The molecule has 0 aliphatic rings. The van der Waals surface area contributed by atoms with Gasteiger partial charge in [0.2, 0.25) is 5.91 Å². The predicted molar refractivity (Wildman–Crippen MR) is 62.7 cm³/mol. The summed E-state index contributed by atoms with van der Waals surface area (Å²) in [7, 11) is 0. The van der Waals surface area contributed by atoms with E-state index in [1.54, 1.807) is 0 Å². The Morgan fingerprint density at radius 1 is 1.38 bits per heavy atom. The molecule has 4 N–H and O–H groups in total. The first-order valence-electron chi connectivity index (χ1n) is 4.85. The number of nitrogens with one attached hydrogen (secondary N) is 2. The molecule has 0 fully saturated rings. The third-order valence-electron chi connectivity index (χ3n) is 2.16. The number of nitrogens with zero attached hydrogens (tertiary/aromatic N) is 1. The number of amides is 1. The number of anilines is 2. The molecule has 1 aromatic heterocycles. The van der Waals surface area contributed by atoms with E-state index in [0.717, 1.165) is 5.56 Å². The van der Waals surface area contributed by atoms with Crippen LogP contribution in [0.3, 0.4) is 0 Å². The second kappa shape index (κ2) is 4.06. The number of H-pyrrole nitrogens is 1. The number of carbonyl (C=O) groups is 1. The number of aromatic nitrogens is 2. The summed E-state index contributed by atoms with van der Waals surface area (Å²) in [4.78, 5) is 10.9. The average molecular weight is 216 g/mol. The molecule has 5 nitrogen and oxygen atoms in total. The minimum Gasteiger partial charge on any atom is -0.394 e. The van der Waals surface area contributed by atoms with E-state index in [2.05, 4.69) is 15.5 Å². The van der Waals surface area contributed by atoms with Gasteiger partial charge in [0.15, 0.2) is 5.82 Å². The summed E-state index contributed by atoms with van der Waals surface area (Å²) in [5.74, 6) is 0.171. The first-order chi connectivity index (χ1) is 7.68. The average Bonchev–Trinajstić information content (AvgIpc) is 2.61. The summed E-state index contributed by atoms with van der Waals surface area (Å²) in [5.41, 5.74) is 7.97. The molecule has 16 heavy (non-hydrogen) atoms. The molecule has 0 spiro atoms. The van der Waals surface area contributed by atoms with Crippen LogP contribution >= 0.6 is 0 Å². The van der Waals surface area contributed by atoms with E-state index in [1.807, 2.05) is 30.3 Å². The molecule has 0 saturated carbocycles. The van der Waals surface area contributed by atoms with Crippen molar-refractivity contribution in [1.82, 2.24) is 10.2 Å². The van der Waals surface area contributed by atoms with Crippen molar-refractivity contribution in [2.24, 2.45) is 0 Å². The summed E-state index contributed by atoms with van der Waals surface area (Å²) in [6, 6.07) is 9.58. The van der Waals surface area contributed by atoms with Gasteiger partial charge in [-0.25, -0.2) is 0 Å². The van der Waals surface area contributed by atoms with Gasteiger partial charge in [-0.05, 0) is 0 Å². The van der Waals surface area contributed by atoms with E-state index in [-0.39, 0.29) is 5.91 Å². The van der Waals surface area contributed by atoms with Crippen LogP contribution in [0.25, 0.3) is 11.3 Å². The molecule has 2 rings (SSSR count). The first-order valence-corrected chi connectivity index (χ1v) is 4.85. The van der Waals surface area contributed by atoms with Crippen molar-refractivity contribution < 1.29 is 4.79 Å². The Morgan fingerprint density at radius 2 is 2.06 bits per heavy atom. The lowest BCUT2D eigenvalue weighted by Crippen LogP contribution is -2.07. The maximum absolute atomic E-state index is 10.9. The van der Waals surface area contributed by atoms with Gasteiger partial charge in [-0.2, -0.15) is 5.10 Å². The van der Waals surface area contributed by atoms with Crippen LogP contribution in [0.5, 0.6) is 0 Å². The SMILES string of the molecule is CC(=O)Nc1n[nH]c(-c2ccccc2)c1N. The summed E-state index contributed by atoms with van der Waals surface area (Å²) >= 11 is 0. The molecule has 2 aromatic rings. The highest BCUT2D eigenvalue weighted by atomic mass is 16.1. The normalized spacial score (nSPS) is 10.1. The highest BCUT2D eigenvalue weighted by Crippen LogP contribution is 2.28. The lowest BCUT2D eigenvalue weighted by atomic mass is 10.1. The Morgan fingerprint density at radius 3 is 2.69 bits per heavy atom. The summed E-state index contributed by atoms with van der Waals surface area (Å²) < 4.78 is 0. The van der Waals surface area contributed by atoms with Crippen LogP contribution in [-0.4, -0.2) is 16.1 Å². The van der Waals surface area contributed by atoms with Crippen molar-refractivity contribution in [2.45, 2.75) is 6.92 Å². The van der Waals surface area contributed by atoms with Gasteiger partial charge in [-0.15, -0.1) is 0 Å².